The van der Waals surface area contributed by atoms with Crippen LogP contribution in [0, 0.1) is 24.0 Å². The average Bonchev–Trinajstić information content (AvgIpc) is 2.75. The lowest BCUT2D eigenvalue weighted by Gasteiger charge is -2.08. The van der Waals surface area contributed by atoms with Crippen LogP contribution in [0.25, 0.3) is 0 Å². The van der Waals surface area contributed by atoms with Crippen molar-refractivity contribution in [2.24, 2.45) is 0 Å². The van der Waals surface area contributed by atoms with E-state index in [1.165, 1.54) is 12.1 Å². The Morgan fingerprint density at radius 3 is 2.79 bits per heavy atom. The fourth-order valence-corrected chi connectivity index (χ4v) is 1.88. The number of aromatic nitrogens is 1. The lowest BCUT2D eigenvalue weighted by Crippen LogP contribution is -2.02. The molecule has 1 N–H and O–H groups in total. The highest BCUT2D eigenvalue weighted by Gasteiger charge is 2.15. The Balaban J connectivity index is 2.17. The number of halogens is 1. The van der Waals surface area contributed by atoms with E-state index in [1.807, 2.05) is 6.92 Å². The van der Waals surface area contributed by atoms with E-state index in [1.54, 1.807) is 13.1 Å². The second-order valence-electron chi connectivity index (χ2n) is 4.09. The summed E-state index contributed by atoms with van der Waals surface area (Å²) >= 11 is 5.86. The third-order valence-corrected chi connectivity index (χ3v) is 2.89. The zero-order valence-corrected chi connectivity index (χ0v) is 11.2. The lowest BCUT2D eigenvalue weighted by molar-refractivity contribution is -0.384. The zero-order valence-electron chi connectivity index (χ0n) is 10.4. The van der Waals surface area contributed by atoms with Crippen molar-refractivity contribution in [3.05, 3.63) is 50.7 Å². The van der Waals surface area contributed by atoms with Gasteiger partial charge in [-0.2, -0.15) is 0 Å². The second-order valence-corrected chi connectivity index (χ2v) is 4.50. The molecule has 0 aliphatic heterocycles. The van der Waals surface area contributed by atoms with Crippen LogP contribution in [0.1, 0.15) is 17.2 Å². The topological polar surface area (TPSA) is 81.2 Å². The molecule has 2 rings (SSSR count). The van der Waals surface area contributed by atoms with Crippen LogP contribution in [0.4, 0.5) is 11.4 Å². The zero-order chi connectivity index (χ0) is 14.0. The number of oxazole rings is 1. The van der Waals surface area contributed by atoms with Crippen molar-refractivity contribution in [1.82, 2.24) is 4.98 Å². The first-order valence-electron chi connectivity index (χ1n) is 5.57. The van der Waals surface area contributed by atoms with Crippen LogP contribution in [0.5, 0.6) is 0 Å². The first kappa shape index (κ1) is 13.4. The number of hydrogen-bond acceptors (Lipinski definition) is 5. The van der Waals surface area contributed by atoms with Crippen molar-refractivity contribution < 1.29 is 9.34 Å². The van der Waals surface area contributed by atoms with Gasteiger partial charge in [0, 0.05) is 11.8 Å². The molecule has 0 aliphatic carbocycles. The van der Waals surface area contributed by atoms with Gasteiger partial charge in [-0.15, -0.1) is 0 Å². The van der Waals surface area contributed by atoms with E-state index in [-0.39, 0.29) is 10.7 Å². The van der Waals surface area contributed by atoms with Crippen molar-refractivity contribution >= 4 is 23.0 Å². The molecule has 100 valence electrons. The molecule has 0 atom stereocenters. The van der Waals surface area contributed by atoms with Crippen LogP contribution in [0.3, 0.4) is 0 Å². The van der Waals surface area contributed by atoms with Crippen LogP contribution in [0.2, 0.25) is 5.02 Å². The summed E-state index contributed by atoms with van der Waals surface area (Å²) in [6, 6.07) is 2.97. The Hall–Kier alpha value is -2.08. The normalized spacial score (nSPS) is 10.5. The highest BCUT2D eigenvalue weighted by molar-refractivity contribution is 6.33. The summed E-state index contributed by atoms with van der Waals surface area (Å²) in [7, 11) is 0. The minimum absolute atomic E-state index is 0.0988. The number of nitro groups is 1. The quantitative estimate of drug-likeness (QED) is 0.685. The molecule has 0 saturated carbocycles. The van der Waals surface area contributed by atoms with Gasteiger partial charge in [0.2, 0.25) is 5.89 Å². The van der Waals surface area contributed by atoms with E-state index in [2.05, 4.69) is 10.3 Å². The van der Waals surface area contributed by atoms with Gasteiger partial charge in [-0.05, 0) is 25.5 Å². The highest BCUT2D eigenvalue weighted by Crippen LogP contribution is 2.30. The molecule has 7 heteroatoms. The molecule has 0 aliphatic rings. The van der Waals surface area contributed by atoms with Crippen molar-refractivity contribution in [1.29, 1.82) is 0 Å². The molecular weight excluding hydrogens is 270 g/mol. The van der Waals surface area contributed by atoms with Gasteiger partial charge in [0.1, 0.15) is 10.8 Å². The lowest BCUT2D eigenvalue weighted by atomic mass is 10.2. The molecule has 6 nitrogen and oxygen atoms in total. The standard InChI is InChI=1S/C12H12ClN3O3/c1-7-3-11(16(17)18)9(13)4-10(7)14-6-12-15-5-8(2)19-12/h3-5,14H,6H2,1-2H3. The summed E-state index contributed by atoms with van der Waals surface area (Å²) in [4.78, 5) is 14.3. The Bertz CT molecular complexity index is 625. The van der Waals surface area contributed by atoms with Crippen molar-refractivity contribution in [2.45, 2.75) is 20.4 Å². The number of nitro benzene ring substituents is 1. The van der Waals surface area contributed by atoms with E-state index in [0.717, 1.165) is 11.3 Å². The molecule has 1 aromatic carbocycles. The van der Waals surface area contributed by atoms with E-state index in [9.17, 15) is 10.1 Å². The minimum atomic E-state index is -0.503. The number of nitrogens with one attached hydrogen (secondary N) is 1. The first-order valence-corrected chi connectivity index (χ1v) is 5.95. The Labute approximate surface area is 114 Å². The maximum atomic E-state index is 10.7. The number of hydrogen-bond donors (Lipinski definition) is 1. The maximum Gasteiger partial charge on any atom is 0.288 e. The Morgan fingerprint density at radius 2 is 2.21 bits per heavy atom. The number of anilines is 1. The van der Waals surface area contributed by atoms with Gasteiger partial charge in [0.25, 0.3) is 5.69 Å². The minimum Gasteiger partial charge on any atom is -0.444 e. The number of aryl methyl sites for hydroxylation is 2. The molecule has 0 bridgehead atoms. The number of benzene rings is 1. The highest BCUT2D eigenvalue weighted by atomic mass is 35.5. The second kappa shape index (κ2) is 5.27. The van der Waals surface area contributed by atoms with E-state index in [0.29, 0.717) is 18.1 Å². The monoisotopic (exact) mass is 281 g/mol. The SMILES string of the molecule is Cc1cnc(CNc2cc(Cl)c([N+](=O)[O-])cc2C)o1. The molecule has 0 saturated heterocycles. The molecular formula is C12H12ClN3O3. The van der Waals surface area contributed by atoms with E-state index >= 15 is 0 Å². The summed E-state index contributed by atoms with van der Waals surface area (Å²) in [6.07, 6.45) is 1.63. The Morgan fingerprint density at radius 1 is 1.47 bits per heavy atom. The van der Waals surface area contributed by atoms with Crippen molar-refractivity contribution in [3.63, 3.8) is 0 Å². The van der Waals surface area contributed by atoms with Gasteiger partial charge < -0.3 is 9.73 Å². The van der Waals surface area contributed by atoms with E-state index in [4.69, 9.17) is 16.0 Å². The summed E-state index contributed by atoms with van der Waals surface area (Å²) in [5, 5.41) is 13.9. The average molecular weight is 282 g/mol. The summed E-state index contributed by atoms with van der Waals surface area (Å²) < 4.78 is 5.32. The molecule has 19 heavy (non-hydrogen) atoms. The maximum absolute atomic E-state index is 10.7. The smallest absolute Gasteiger partial charge is 0.288 e. The fraction of sp³-hybridized carbons (Fsp3) is 0.250. The first-order chi connectivity index (χ1) is 8.97. The molecule has 0 spiro atoms. The summed E-state index contributed by atoms with van der Waals surface area (Å²) in [5.74, 6) is 1.28. The molecule has 1 aromatic heterocycles. The van der Waals surface area contributed by atoms with Gasteiger partial charge in [-0.3, -0.25) is 10.1 Å². The third kappa shape index (κ3) is 3.03. The van der Waals surface area contributed by atoms with Crippen LogP contribution in [-0.4, -0.2) is 9.91 Å². The van der Waals surface area contributed by atoms with Crippen LogP contribution in [0.15, 0.2) is 22.7 Å². The molecule has 0 fully saturated rings. The molecule has 0 unspecified atom stereocenters. The fourth-order valence-electron chi connectivity index (χ4n) is 1.65. The number of rotatable bonds is 4. The molecule has 1 heterocycles. The molecule has 0 amide bonds. The summed E-state index contributed by atoms with van der Waals surface area (Å²) in [5.41, 5.74) is 1.35. The van der Waals surface area contributed by atoms with Crippen LogP contribution < -0.4 is 5.32 Å². The number of nitrogens with zero attached hydrogens (tertiary/aromatic N) is 2. The van der Waals surface area contributed by atoms with E-state index < -0.39 is 4.92 Å². The predicted molar refractivity (Wildman–Crippen MR) is 71.4 cm³/mol. The molecule has 2 aromatic rings. The van der Waals surface area contributed by atoms with Gasteiger partial charge in [-0.1, -0.05) is 11.6 Å². The predicted octanol–water partition coefficient (Wildman–Crippen LogP) is 3.47. The van der Waals surface area contributed by atoms with Crippen molar-refractivity contribution in [3.8, 4) is 0 Å². The van der Waals surface area contributed by atoms with Crippen molar-refractivity contribution in [2.75, 3.05) is 5.32 Å². The van der Waals surface area contributed by atoms with Gasteiger partial charge in [0.05, 0.1) is 17.7 Å². The van der Waals surface area contributed by atoms with Gasteiger partial charge >= 0.3 is 0 Å². The summed E-state index contributed by atoms with van der Waals surface area (Å²) in [6.45, 7) is 3.97. The van der Waals surface area contributed by atoms with Crippen LogP contribution >= 0.6 is 11.6 Å². The molecule has 0 radical (unpaired) electrons. The third-order valence-electron chi connectivity index (χ3n) is 2.59. The largest absolute Gasteiger partial charge is 0.444 e. The van der Waals surface area contributed by atoms with Gasteiger partial charge in [-0.25, -0.2) is 4.98 Å². The van der Waals surface area contributed by atoms with Gasteiger partial charge in [0.15, 0.2) is 0 Å². The van der Waals surface area contributed by atoms with Crippen LogP contribution in [-0.2, 0) is 6.54 Å². The Kier molecular flexibility index (Phi) is 3.71.